The molecule has 3 rings (SSSR count). The van der Waals surface area contributed by atoms with Gasteiger partial charge in [-0.2, -0.15) is 13.2 Å². The van der Waals surface area contributed by atoms with Gasteiger partial charge in [-0.3, -0.25) is 9.69 Å². The molecule has 2 N–H and O–H groups in total. The van der Waals surface area contributed by atoms with Gasteiger partial charge in [-0.05, 0) is 69.5 Å². The van der Waals surface area contributed by atoms with Crippen molar-refractivity contribution < 1.29 is 18.0 Å². The van der Waals surface area contributed by atoms with Crippen LogP contribution in [0.5, 0.6) is 0 Å². The number of alkyl halides is 3. The SMILES string of the molecule is CN1CCC(C(=O)c2cccc(N(C(N)=S)c3ccccc3C(F)(F)F)c2)CC1. The number of anilines is 2. The van der Waals surface area contributed by atoms with E-state index < -0.39 is 11.7 Å². The van der Waals surface area contributed by atoms with E-state index in [1.54, 1.807) is 24.3 Å². The van der Waals surface area contributed by atoms with Gasteiger partial charge in [0, 0.05) is 17.2 Å². The second kappa shape index (κ2) is 8.51. The molecule has 0 bridgehead atoms. The Bertz CT molecular complexity index is 908. The molecule has 0 aromatic heterocycles. The molecule has 29 heavy (non-hydrogen) atoms. The molecular formula is C21H22F3N3OS. The number of hydrogen-bond acceptors (Lipinski definition) is 3. The van der Waals surface area contributed by atoms with Gasteiger partial charge in [0.15, 0.2) is 10.9 Å². The third kappa shape index (κ3) is 4.76. The maximum absolute atomic E-state index is 13.5. The number of nitrogens with two attached hydrogens (primary N) is 1. The van der Waals surface area contributed by atoms with Gasteiger partial charge in [0.2, 0.25) is 0 Å². The molecular weight excluding hydrogens is 399 g/mol. The zero-order valence-corrected chi connectivity index (χ0v) is 16.8. The largest absolute Gasteiger partial charge is 0.418 e. The standard InChI is InChI=1S/C21H22F3N3OS/c1-26-11-9-14(10-12-26)19(28)15-5-4-6-16(13-15)27(20(25)29)18-8-3-2-7-17(18)21(22,23)24/h2-8,13-14H,9-12H2,1H3,(H2,25,29). The van der Waals surface area contributed by atoms with E-state index >= 15 is 0 Å². The maximum Gasteiger partial charge on any atom is 0.418 e. The number of nitrogens with zero attached hydrogens (tertiary/aromatic N) is 2. The number of thiocarbonyl (C=S) groups is 1. The fourth-order valence-corrected chi connectivity index (χ4v) is 3.80. The third-order valence-corrected chi connectivity index (χ3v) is 5.33. The van der Waals surface area contributed by atoms with Crippen molar-refractivity contribution in [1.82, 2.24) is 4.90 Å². The Kier molecular flexibility index (Phi) is 6.24. The Morgan fingerprint density at radius 2 is 1.79 bits per heavy atom. The average Bonchev–Trinajstić information content (AvgIpc) is 2.68. The van der Waals surface area contributed by atoms with Gasteiger partial charge >= 0.3 is 6.18 Å². The van der Waals surface area contributed by atoms with Crippen molar-refractivity contribution in [1.29, 1.82) is 0 Å². The van der Waals surface area contributed by atoms with E-state index in [-0.39, 0.29) is 22.5 Å². The van der Waals surface area contributed by atoms with E-state index in [1.165, 1.54) is 18.2 Å². The monoisotopic (exact) mass is 421 g/mol. The first-order valence-corrected chi connectivity index (χ1v) is 9.68. The minimum Gasteiger partial charge on any atom is -0.376 e. The number of likely N-dealkylation sites (tertiary alicyclic amines) is 1. The molecule has 0 radical (unpaired) electrons. The summed E-state index contributed by atoms with van der Waals surface area (Å²) in [5.74, 6) is -0.103. The summed E-state index contributed by atoms with van der Waals surface area (Å²) in [5.41, 5.74) is 5.55. The highest BCUT2D eigenvalue weighted by atomic mass is 32.1. The summed E-state index contributed by atoms with van der Waals surface area (Å²) in [5, 5.41) is -0.231. The van der Waals surface area contributed by atoms with Crippen LogP contribution in [0.3, 0.4) is 0 Å². The second-order valence-corrected chi connectivity index (χ2v) is 7.60. The number of carbonyl (C=O) groups excluding carboxylic acids is 1. The summed E-state index contributed by atoms with van der Waals surface area (Å²) < 4.78 is 40.5. The van der Waals surface area contributed by atoms with Gasteiger partial charge in [0.25, 0.3) is 0 Å². The number of piperidine rings is 1. The molecule has 1 heterocycles. The van der Waals surface area contributed by atoms with Crippen LogP contribution in [0.15, 0.2) is 48.5 Å². The number of ketones is 1. The predicted molar refractivity (Wildman–Crippen MR) is 111 cm³/mol. The van der Waals surface area contributed by atoms with Gasteiger partial charge in [-0.25, -0.2) is 0 Å². The Morgan fingerprint density at radius 1 is 1.14 bits per heavy atom. The number of carbonyl (C=O) groups is 1. The summed E-state index contributed by atoms with van der Waals surface area (Å²) in [6.45, 7) is 1.68. The van der Waals surface area contributed by atoms with E-state index in [1.807, 2.05) is 7.05 Å². The molecule has 0 saturated carbocycles. The van der Waals surface area contributed by atoms with E-state index in [9.17, 15) is 18.0 Å². The van der Waals surface area contributed by atoms with Crippen molar-refractivity contribution in [2.75, 3.05) is 25.0 Å². The fraction of sp³-hybridized carbons (Fsp3) is 0.333. The summed E-state index contributed by atoms with van der Waals surface area (Å²) in [7, 11) is 2.01. The summed E-state index contributed by atoms with van der Waals surface area (Å²) in [6.07, 6.45) is -3.05. The van der Waals surface area contributed by atoms with Crippen LogP contribution in [0.2, 0.25) is 0 Å². The second-order valence-electron chi connectivity index (χ2n) is 7.18. The van der Waals surface area contributed by atoms with E-state index in [0.717, 1.165) is 36.9 Å². The van der Waals surface area contributed by atoms with Crippen LogP contribution in [0.25, 0.3) is 0 Å². The van der Waals surface area contributed by atoms with Crippen LogP contribution >= 0.6 is 12.2 Å². The molecule has 0 aliphatic carbocycles. The summed E-state index contributed by atoms with van der Waals surface area (Å²) >= 11 is 5.06. The van der Waals surface area contributed by atoms with Crippen LogP contribution in [0.4, 0.5) is 24.5 Å². The van der Waals surface area contributed by atoms with Crippen molar-refractivity contribution in [3.63, 3.8) is 0 Å². The fourth-order valence-electron chi connectivity index (χ4n) is 3.60. The third-order valence-electron chi connectivity index (χ3n) is 5.15. The molecule has 8 heteroatoms. The molecule has 1 aliphatic heterocycles. The normalized spacial score (nSPS) is 15.9. The predicted octanol–water partition coefficient (Wildman–Crippen LogP) is 4.61. The van der Waals surface area contributed by atoms with Crippen LogP contribution in [0, 0.1) is 5.92 Å². The molecule has 4 nitrogen and oxygen atoms in total. The lowest BCUT2D eigenvalue weighted by Gasteiger charge is -2.29. The molecule has 1 aliphatic rings. The quantitative estimate of drug-likeness (QED) is 0.577. The van der Waals surface area contributed by atoms with Gasteiger partial charge in [-0.1, -0.05) is 24.3 Å². The van der Waals surface area contributed by atoms with E-state index in [4.69, 9.17) is 18.0 Å². The topological polar surface area (TPSA) is 49.6 Å². The highest BCUT2D eigenvalue weighted by Gasteiger charge is 2.35. The van der Waals surface area contributed by atoms with Gasteiger partial charge in [-0.15, -0.1) is 0 Å². The molecule has 0 amide bonds. The average molecular weight is 421 g/mol. The number of Topliss-reactive ketones (excluding diaryl/α,β-unsaturated/α-hetero) is 1. The number of halogens is 3. The molecule has 1 saturated heterocycles. The van der Waals surface area contributed by atoms with Crippen molar-refractivity contribution in [3.8, 4) is 0 Å². The number of hydrogen-bond donors (Lipinski definition) is 1. The van der Waals surface area contributed by atoms with E-state index in [2.05, 4.69) is 4.90 Å². The maximum atomic E-state index is 13.5. The lowest BCUT2D eigenvalue weighted by molar-refractivity contribution is -0.137. The summed E-state index contributed by atoms with van der Waals surface area (Å²) in [6, 6.07) is 11.6. The highest BCUT2D eigenvalue weighted by molar-refractivity contribution is 7.80. The summed E-state index contributed by atoms with van der Waals surface area (Å²) in [4.78, 5) is 16.3. The Labute approximate surface area is 173 Å². The highest BCUT2D eigenvalue weighted by Crippen LogP contribution is 2.39. The van der Waals surface area contributed by atoms with Crippen LogP contribution in [-0.4, -0.2) is 35.9 Å². The first-order chi connectivity index (χ1) is 13.7. The minimum absolute atomic E-state index is 0.00746. The van der Waals surface area contributed by atoms with E-state index in [0.29, 0.717) is 11.3 Å². The zero-order valence-electron chi connectivity index (χ0n) is 15.9. The van der Waals surface area contributed by atoms with Gasteiger partial charge in [0.05, 0.1) is 11.3 Å². The molecule has 2 aromatic rings. The van der Waals surface area contributed by atoms with Gasteiger partial charge < -0.3 is 10.6 Å². The lowest BCUT2D eigenvalue weighted by Crippen LogP contribution is -2.34. The van der Waals surface area contributed by atoms with Gasteiger partial charge in [0.1, 0.15) is 0 Å². The smallest absolute Gasteiger partial charge is 0.376 e. The van der Waals surface area contributed by atoms with Crippen molar-refractivity contribution in [2.24, 2.45) is 11.7 Å². The van der Waals surface area contributed by atoms with Crippen molar-refractivity contribution in [2.45, 2.75) is 19.0 Å². The molecule has 0 spiro atoms. The molecule has 0 unspecified atom stereocenters. The Hall–Kier alpha value is -2.45. The van der Waals surface area contributed by atoms with Crippen LogP contribution in [-0.2, 0) is 6.18 Å². The molecule has 2 aromatic carbocycles. The molecule has 154 valence electrons. The minimum atomic E-state index is -4.57. The number of benzene rings is 2. The zero-order chi connectivity index (χ0) is 21.2. The van der Waals surface area contributed by atoms with Crippen molar-refractivity contribution in [3.05, 3.63) is 59.7 Å². The Balaban J connectivity index is 1.98. The molecule has 1 fully saturated rings. The first-order valence-electron chi connectivity index (χ1n) is 9.27. The first kappa shape index (κ1) is 21.3. The molecule has 0 atom stereocenters. The lowest BCUT2D eigenvalue weighted by atomic mass is 9.89. The van der Waals surface area contributed by atoms with Crippen molar-refractivity contribution >= 4 is 34.5 Å². The number of para-hydroxylation sites is 1. The number of rotatable bonds is 4. The van der Waals surface area contributed by atoms with Crippen LogP contribution < -0.4 is 10.6 Å². The Morgan fingerprint density at radius 3 is 2.41 bits per heavy atom. The van der Waals surface area contributed by atoms with Crippen LogP contribution in [0.1, 0.15) is 28.8 Å².